The Morgan fingerprint density at radius 1 is 1.32 bits per heavy atom. The maximum atomic E-state index is 12.7. The number of anilines is 2. The minimum Gasteiger partial charge on any atom is -0.366 e. The number of nitrogens with zero attached hydrogens (tertiary/aromatic N) is 3. The summed E-state index contributed by atoms with van der Waals surface area (Å²) < 4.78 is 0. The molecule has 1 amide bonds. The highest BCUT2D eigenvalue weighted by molar-refractivity contribution is 6.05. The molecule has 0 unspecified atom stereocenters. The highest BCUT2D eigenvalue weighted by atomic mass is 16.2. The number of nitrogens with one attached hydrogen (secondary N) is 1. The molecule has 114 valence electrons. The van der Waals surface area contributed by atoms with Crippen molar-refractivity contribution in [3.8, 4) is 0 Å². The van der Waals surface area contributed by atoms with Gasteiger partial charge >= 0.3 is 0 Å². The minimum atomic E-state index is -0.138. The van der Waals surface area contributed by atoms with Crippen LogP contribution in [0.2, 0.25) is 0 Å². The molecule has 0 aliphatic rings. The van der Waals surface area contributed by atoms with Gasteiger partial charge in [0.05, 0.1) is 0 Å². The topological polar surface area (TPSA) is 58.1 Å². The van der Waals surface area contributed by atoms with Crippen LogP contribution in [0.25, 0.3) is 0 Å². The lowest BCUT2D eigenvalue weighted by Gasteiger charge is -2.21. The lowest BCUT2D eigenvalue weighted by Crippen LogP contribution is -2.31. The van der Waals surface area contributed by atoms with Gasteiger partial charge in [-0.3, -0.25) is 4.79 Å². The maximum Gasteiger partial charge on any atom is 0.277 e. The van der Waals surface area contributed by atoms with Crippen molar-refractivity contribution in [2.24, 2.45) is 0 Å². The fourth-order valence-electron chi connectivity index (χ4n) is 2.13. The number of aromatic nitrogens is 2. The zero-order chi connectivity index (χ0) is 15.9. The normalized spacial score (nSPS) is 10.1. The van der Waals surface area contributed by atoms with E-state index in [1.54, 1.807) is 24.0 Å². The van der Waals surface area contributed by atoms with Crippen LogP contribution in [0.4, 0.5) is 11.5 Å². The first-order valence-corrected chi connectivity index (χ1v) is 7.23. The maximum absolute atomic E-state index is 12.7. The Hall–Kier alpha value is -2.69. The molecule has 0 spiro atoms. The summed E-state index contributed by atoms with van der Waals surface area (Å²) in [6.07, 6.45) is 1.74. The third-order valence-electron chi connectivity index (χ3n) is 3.11. The van der Waals surface area contributed by atoms with Gasteiger partial charge in [0.25, 0.3) is 5.91 Å². The van der Waals surface area contributed by atoms with Crippen molar-refractivity contribution < 1.29 is 4.79 Å². The van der Waals surface area contributed by atoms with E-state index in [4.69, 9.17) is 0 Å². The number of carbonyl (C=O) groups excluding carboxylic acids is 1. The summed E-state index contributed by atoms with van der Waals surface area (Å²) in [7, 11) is 0. The number of para-hydroxylation sites is 1. The first kappa shape index (κ1) is 15.7. The Kier molecular flexibility index (Phi) is 5.25. The molecule has 0 radical (unpaired) electrons. The van der Waals surface area contributed by atoms with Crippen LogP contribution >= 0.6 is 0 Å². The van der Waals surface area contributed by atoms with E-state index in [1.165, 1.54) is 0 Å². The van der Waals surface area contributed by atoms with Gasteiger partial charge in [-0.2, -0.15) is 0 Å². The minimum absolute atomic E-state index is 0.138. The van der Waals surface area contributed by atoms with E-state index in [0.29, 0.717) is 30.4 Å². The largest absolute Gasteiger partial charge is 0.366 e. The van der Waals surface area contributed by atoms with Gasteiger partial charge in [0.15, 0.2) is 0 Å². The predicted octanol–water partition coefficient (Wildman–Crippen LogP) is 3.05. The van der Waals surface area contributed by atoms with Crippen LogP contribution in [-0.4, -0.2) is 29.0 Å². The molecular formula is C17H20N4O. The summed E-state index contributed by atoms with van der Waals surface area (Å²) in [5.74, 6) is 1.04. The van der Waals surface area contributed by atoms with Crippen LogP contribution in [0.1, 0.15) is 23.2 Å². The van der Waals surface area contributed by atoms with Gasteiger partial charge in [0.1, 0.15) is 17.3 Å². The van der Waals surface area contributed by atoms with Gasteiger partial charge in [-0.05, 0) is 26.0 Å². The molecule has 0 atom stereocenters. The second kappa shape index (κ2) is 7.36. The van der Waals surface area contributed by atoms with Crippen LogP contribution < -0.4 is 10.2 Å². The van der Waals surface area contributed by atoms with Crippen LogP contribution in [0.15, 0.2) is 49.1 Å². The van der Waals surface area contributed by atoms with E-state index >= 15 is 0 Å². The molecule has 0 aliphatic carbocycles. The molecule has 2 rings (SSSR count). The smallest absolute Gasteiger partial charge is 0.277 e. The molecule has 1 aromatic heterocycles. The molecule has 0 saturated heterocycles. The number of hydrogen-bond acceptors (Lipinski definition) is 4. The Balaban J connectivity index is 2.31. The molecular weight excluding hydrogens is 276 g/mol. The molecule has 0 aliphatic heterocycles. The average molecular weight is 296 g/mol. The molecule has 1 heterocycles. The monoisotopic (exact) mass is 296 g/mol. The average Bonchev–Trinajstić information content (AvgIpc) is 2.54. The van der Waals surface area contributed by atoms with E-state index in [9.17, 15) is 4.79 Å². The van der Waals surface area contributed by atoms with Crippen molar-refractivity contribution in [3.05, 3.63) is 60.6 Å². The van der Waals surface area contributed by atoms with Crippen LogP contribution in [0, 0.1) is 6.92 Å². The van der Waals surface area contributed by atoms with Gasteiger partial charge < -0.3 is 10.2 Å². The molecule has 1 N–H and O–H groups in total. The quantitative estimate of drug-likeness (QED) is 0.832. The summed E-state index contributed by atoms with van der Waals surface area (Å²) in [4.78, 5) is 23.0. The van der Waals surface area contributed by atoms with E-state index < -0.39 is 0 Å². The summed E-state index contributed by atoms with van der Waals surface area (Å²) in [6, 6.07) is 11.2. The number of benzene rings is 1. The first-order chi connectivity index (χ1) is 10.7. The fourth-order valence-corrected chi connectivity index (χ4v) is 2.13. The van der Waals surface area contributed by atoms with E-state index in [2.05, 4.69) is 21.9 Å². The van der Waals surface area contributed by atoms with Gasteiger partial charge in [0.2, 0.25) is 0 Å². The van der Waals surface area contributed by atoms with Crippen molar-refractivity contribution in [1.29, 1.82) is 0 Å². The van der Waals surface area contributed by atoms with E-state index in [1.807, 2.05) is 37.3 Å². The van der Waals surface area contributed by atoms with Crippen molar-refractivity contribution in [2.45, 2.75) is 13.8 Å². The Morgan fingerprint density at radius 3 is 2.68 bits per heavy atom. The molecule has 0 fully saturated rings. The molecule has 22 heavy (non-hydrogen) atoms. The van der Waals surface area contributed by atoms with Crippen molar-refractivity contribution >= 4 is 17.4 Å². The fraction of sp³-hybridized carbons (Fsp3) is 0.235. The second-order valence-electron chi connectivity index (χ2n) is 4.74. The molecule has 2 aromatic rings. The summed E-state index contributed by atoms with van der Waals surface area (Å²) in [5, 5.41) is 3.09. The van der Waals surface area contributed by atoms with Crippen LogP contribution in [0.3, 0.4) is 0 Å². The zero-order valence-electron chi connectivity index (χ0n) is 12.9. The number of amides is 1. The lowest BCUT2D eigenvalue weighted by atomic mass is 10.2. The predicted molar refractivity (Wildman–Crippen MR) is 89.2 cm³/mol. The molecule has 0 saturated carbocycles. The Bertz CT molecular complexity index is 655. The first-order valence-electron chi connectivity index (χ1n) is 7.23. The van der Waals surface area contributed by atoms with Crippen molar-refractivity contribution in [1.82, 2.24) is 9.97 Å². The SMILES string of the molecule is C=CCNc1cc(C(=O)N(CC)c2ccccc2)nc(C)n1. The van der Waals surface area contributed by atoms with E-state index in [0.717, 1.165) is 5.69 Å². The Morgan fingerprint density at radius 2 is 2.05 bits per heavy atom. The van der Waals surface area contributed by atoms with Gasteiger partial charge in [-0.1, -0.05) is 24.3 Å². The highest BCUT2D eigenvalue weighted by Gasteiger charge is 2.18. The molecule has 5 nitrogen and oxygen atoms in total. The zero-order valence-corrected chi connectivity index (χ0v) is 12.9. The van der Waals surface area contributed by atoms with Crippen LogP contribution in [0.5, 0.6) is 0 Å². The molecule has 1 aromatic carbocycles. The highest BCUT2D eigenvalue weighted by Crippen LogP contribution is 2.17. The van der Waals surface area contributed by atoms with Gasteiger partial charge in [-0.15, -0.1) is 6.58 Å². The number of aryl methyl sites for hydroxylation is 1. The van der Waals surface area contributed by atoms with E-state index in [-0.39, 0.29) is 5.91 Å². The van der Waals surface area contributed by atoms with Gasteiger partial charge in [-0.25, -0.2) is 9.97 Å². The number of rotatable bonds is 6. The van der Waals surface area contributed by atoms with Gasteiger partial charge in [0, 0.05) is 24.8 Å². The van der Waals surface area contributed by atoms with Crippen molar-refractivity contribution in [2.75, 3.05) is 23.3 Å². The number of carbonyl (C=O) groups is 1. The van der Waals surface area contributed by atoms with Crippen LogP contribution in [-0.2, 0) is 0 Å². The standard InChI is InChI=1S/C17H20N4O/c1-4-11-18-16-12-15(19-13(3)20-16)17(22)21(5-2)14-9-7-6-8-10-14/h4,6-10,12H,1,5,11H2,2-3H3,(H,18,19,20). The Labute approximate surface area is 130 Å². The third-order valence-corrected chi connectivity index (χ3v) is 3.11. The van der Waals surface area contributed by atoms with Crippen molar-refractivity contribution in [3.63, 3.8) is 0 Å². The molecule has 0 bridgehead atoms. The molecule has 5 heteroatoms. The third kappa shape index (κ3) is 3.69. The lowest BCUT2D eigenvalue weighted by molar-refractivity contribution is 0.0983. The summed E-state index contributed by atoms with van der Waals surface area (Å²) in [6.45, 7) is 8.52. The summed E-state index contributed by atoms with van der Waals surface area (Å²) >= 11 is 0. The second-order valence-corrected chi connectivity index (χ2v) is 4.74. The number of hydrogen-bond donors (Lipinski definition) is 1. The summed E-state index contributed by atoms with van der Waals surface area (Å²) in [5.41, 5.74) is 1.23.